The Hall–Kier alpha value is -1.84. The highest BCUT2D eigenvalue weighted by Crippen LogP contribution is 2.46. The van der Waals surface area contributed by atoms with E-state index in [4.69, 9.17) is 10.1 Å². The summed E-state index contributed by atoms with van der Waals surface area (Å²) in [7, 11) is 0. The number of benzene rings is 1. The van der Waals surface area contributed by atoms with Gasteiger partial charge in [-0.15, -0.1) is 0 Å². The summed E-state index contributed by atoms with van der Waals surface area (Å²) in [6.07, 6.45) is 7.36. The summed E-state index contributed by atoms with van der Waals surface area (Å²) in [5.41, 5.74) is 2.42. The smallest absolute Gasteiger partial charge is 0.335 e. The molecule has 2 saturated carbocycles. The Morgan fingerprint density at radius 3 is 2.67 bits per heavy atom. The van der Waals surface area contributed by atoms with E-state index in [1.54, 1.807) is 12.1 Å². The van der Waals surface area contributed by atoms with Crippen molar-refractivity contribution in [2.24, 2.45) is 0 Å². The number of hydrogen-bond donors (Lipinski definition) is 1. The molecule has 0 spiro atoms. The molecular weight excluding hydrogens is 264 g/mol. The highest BCUT2D eigenvalue weighted by Gasteiger charge is 2.38. The topological polar surface area (TPSA) is 55.1 Å². The number of hydrogen-bond acceptors (Lipinski definition) is 2. The number of fused-ring (bicyclic) bond motifs is 1. The normalized spacial score (nSPS) is 21.0. The van der Waals surface area contributed by atoms with Crippen LogP contribution in [0.2, 0.25) is 0 Å². The van der Waals surface area contributed by atoms with Crippen LogP contribution in [0.5, 0.6) is 0 Å². The summed E-state index contributed by atoms with van der Waals surface area (Å²) in [4.78, 5) is 16.0. The van der Waals surface area contributed by atoms with Crippen molar-refractivity contribution < 1.29 is 9.90 Å². The fourth-order valence-corrected chi connectivity index (χ4v) is 3.77. The summed E-state index contributed by atoms with van der Waals surface area (Å²) in [5.74, 6) is 0.867. The van der Waals surface area contributed by atoms with E-state index in [2.05, 4.69) is 11.5 Å². The molecule has 4 heteroatoms. The zero-order chi connectivity index (χ0) is 14.6. The second-order valence-corrected chi connectivity index (χ2v) is 6.79. The van der Waals surface area contributed by atoms with Gasteiger partial charge in [-0.1, -0.05) is 12.8 Å². The minimum Gasteiger partial charge on any atom is -0.478 e. The molecule has 0 aliphatic heterocycles. The fraction of sp³-hybridized carbons (Fsp3) is 0.529. The largest absolute Gasteiger partial charge is 0.478 e. The van der Waals surface area contributed by atoms with Crippen LogP contribution in [-0.2, 0) is 5.54 Å². The molecule has 1 N–H and O–H groups in total. The molecule has 1 aromatic carbocycles. The predicted molar refractivity (Wildman–Crippen MR) is 80.8 cm³/mol. The quantitative estimate of drug-likeness (QED) is 0.930. The van der Waals surface area contributed by atoms with Gasteiger partial charge in [-0.05, 0) is 50.8 Å². The lowest BCUT2D eigenvalue weighted by Crippen LogP contribution is -2.28. The number of nitrogens with zero attached hydrogens (tertiary/aromatic N) is 2. The van der Waals surface area contributed by atoms with E-state index < -0.39 is 5.97 Å². The lowest BCUT2D eigenvalue weighted by Gasteiger charge is -2.29. The van der Waals surface area contributed by atoms with Gasteiger partial charge >= 0.3 is 5.97 Å². The highest BCUT2D eigenvalue weighted by molar-refractivity contribution is 5.92. The van der Waals surface area contributed by atoms with E-state index >= 15 is 0 Å². The first-order chi connectivity index (χ1) is 10.1. The van der Waals surface area contributed by atoms with E-state index in [1.807, 2.05) is 6.07 Å². The van der Waals surface area contributed by atoms with Gasteiger partial charge in [0.1, 0.15) is 5.82 Å². The van der Waals surface area contributed by atoms with Crippen molar-refractivity contribution in [3.05, 3.63) is 29.6 Å². The summed E-state index contributed by atoms with van der Waals surface area (Å²) in [6, 6.07) is 5.37. The van der Waals surface area contributed by atoms with Crippen LogP contribution >= 0.6 is 0 Å². The van der Waals surface area contributed by atoms with Crippen LogP contribution in [0.25, 0.3) is 11.0 Å². The summed E-state index contributed by atoms with van der Waals surface area (Å²) < 4.78 is 2.43. The number of aromatic nitrogens is 2. The Bertz CT molecular complexity index is 722. The number of aromatic carboxylic acids is 1. The molecule has 4 nitrogen and oxygen atoms in total. The zero-order valence-electron chi connectivity index (χ0n) is 12.3. The van der Waals surface area contributed by atoms with Crippen LogP contribution in [-0.4, -0.2) is 20.6 Å². The lowest BCUT2D eigenvalue weighted by molar-refractivity contribution is 0.0697. The zero-order valence-corrected chi connectivity index (χ0v) is 12.3. The maximum absolute atomic E-state index is 11.2. The van der Waals surface area contributed by atoms with Gasteiger partial charge in [0.05, 0.1) is 16.6 Å². The number of carbonyl (C=O) groups is 1. The van der Waals surface area contributed by atoms with E-state index in [-0.39, 0.29) is 5.54 Å². The molecule has 21 heavy (non-hydrogen) atoms. The van der Waals surface area contributed by atoms with Crippen LogP contribution in [0.15, 0.2) is 18.2 Å². The second kappa shape index (κ2) is 4.33. The molecule has 0 amide bonds. The van der Waals surface area contributed by atoms with Crippen LogP contribution in [0.3, 0.4) is 0 Å². The maximum Gasteiger partial charge on any atom is 0.335 e. The fourth-order valence-electron chi connectivity index (χ4n) is 3.77. The van der Waals surface area contributed by atoms with Gasteiger partial charge in [0, 0.05) is 11.5 Å². The average molecular weight is 284 g/mol. The standard InChI is InChI=1S/C17H20N2O2/c1-17(8-2-3-9-17)19-14-7-6-12(16(20)21)10-13(14)18-15(19)11-4-5-11/h6-7,10-11H,2-5,8-9H2,1H3,(H,20,21). The van der Waals surface area contributed by atoms with Crippen molar-refractivity contribution in [1.29, 1.82) is 0 Å². The van der Waals surface area contributed by atoms with E-state index in [9.17, 15) is 4.79 Å². The van der Waals surface area contributed by atoms with Gasteiger partial charge in [0.15, 0.2) is 0 Å². The summed E-state index contributed by atoms with van der Waals surface area (Å²) in [6.45, 7) is 2.33. The van der Waals surface area contributed by atoms with E-state index in [1.165, 1.54) is 44.3 Å². The van der Waals surface area contributed by atoms with Gasteiger partial charge in [-0.3, -0.25) is 0 Å². The number of imidazole rings is 1. The molecule has 1 aromatic heterocycles. The number of carboxylic acid groups (broad SMARTS) is 1. The molecule has 0 radical (unpaired) electrons. The Morgan fingerprint density at radius 1 is 1.33 bits per heavy atom. The van der Waals surface area contributed by atoms with Gasteiger partial charge in [0.2, 0.25) is 0 Å². The monoisotopic (exact) mass is 284 g/mol. The molecule has 4 rings (SSSR count). The number of carboxylic acids is 1. The number of rotatable bonds is 3. The molecule has 110 valence electrons. The van der Waals surface area contributed by atoms with E-state index in [0.29, 0.717) is 11.5 Å². The SMILES string of the molecule is CC1(n2c(C3CC3)nc3cc(C(=O)O)ccc32)CCCC1. The first kappa shape index (κ1) is 12.9. The Kier molecular flexibility index (Phi) is 2.65. The van der Waals surface area contributed by atoms with Crippen molar-refractivity contribution in [3.8, 4) is 0 Å². The van der Waals surface area contributed by atoms with E-state index in [0.717, 1.165) is 11.0 Å². The van der Waals surface area contributed by atoms with Crippen molar-refractivity contribution in [2.75, 3.05) is 0 Å². The van der Waals surface area contributed by atoms with Gasteiger partial charge in [-0.25, -0.2) is 9.78 Å². The first-order valence-corrected chi connectivity index (χ1v) is 7.85. The predicted octanol–water partition coefficient (Wildman–Crippen LogP) is 3.90. The molecule has 2 aliphatic carbocycles. The highest BCUT2D eigenvalue weighted by atomic mass is 16.4. The van der Waals surface area contributed by atoms with Crippen LogP contribution < -0.4 is 0 Å². The Labute approximate surface area is 123 Å². The lowest BCUT2D eigenvalue weighted by atomic mass is 9.99. The van der Waals surface area contributed by atoms with Gasteiger partial charge < -0.3 is 9.67 Å². The third-order valence-electron chi connectivity index (χ3n) is 5.09. The maximum atomic E-state index is 11.2. The van der Waals surface area contributed by atoms with Gasteiger partial charge in [0.25, 0.3) is 0 Å². The van der Waals surface area contributed by atoms with Crippen LogP contribution in [0, 0.1) is 0 Å². The third-order valence-corrected chi connectivity index (χ3v) is 5.09. The van der Waals surface area contributed by atoms with Crippen molar-refractivity contribution >= 4 is 17.0 Å². The Balaban J connectivity index is 1.94. The summed E-state index contributed by atoms with van der Waals surface area (Å²) >= 11 is 0. The average Bonchev–Trinajstić information content (AvgIpc) is 3.09. The molecular formula is C17H20N2O2. The minimum absolute atomic E-state index is 0.150. The molecule has 0 saturated heterocycles. The minimum atomic E-state index is -0.883. The molecule has 0 atom stereocenters. The molecule has 1 heterocycles. The molecule has 2 fully saturated rings. The molecule has 2 aliphatic rings. The summed E-state index contributed by atoms with van der Waals surface area (Å²) in [5, 5.41) is 9.17. The van der Waals surface area contributed by atoms with Crippen molar-refractivity contribution in [1.82, 2.24) is 9.55 Å². The van der Waals surface area contributed by atoms with Crippen LogP contribution in [0.4, 0.5) is 0 Å². The van der Waals surface area contributed by atoms with Gasteiger partial charge in [-0.2, -0.15) is 0 Å². The Morgan fingerprint density at radius 2 is 2.05 bits per heavy atom. The van der Waals surface area contributed by atoms with Crippen LogP contribution in [0.1, 0.15) is 67.5 Å². The molecule has 0 unspecified atom stereocenters. The second-order valence-electron chi connectivity index (χ2n) is 6.79. The first-order valence-electron chi connectivity index (χ1n) is 7.85. The third kappa shape index (κ3) is 1.96. The van der Waals surface area contributed by atoms with Crippen molar-refractivity contribution in [3.63, 3.8) is 0 Å². The van der Waals surface area contributed by atoms with Crippen molar-refractivity contribution in [2.45, 2.75) is 56.9 Å². The molecule has 2 aromatic rings. The molecule has 0 bridgehead atoms.